The lowest BCUT2D eigenvalue weighted by molar-refractivity contribution is -0.142. The van der Waals surface area contributed by atoms with Gasteiger partial charge < -0.3 is 10.4 Å². The van der Waals surface area contributed by atoms with Crippen molar-refractivity contribution < 1.29 is 14.7 Å². The van der Waals surface area contributed by atoms with Crippen LogP contribution in [0.2, 0.25) is 0 Å². The number of amides is 1. The molecule has 0 fully saturated rings. The third kappa shape index (κ3) is 4.68. The van der Waals surface area contributed by atoms with Gasteiger partial charge in [0.2, 0.25) is 5.91 Å². The molecule has 2 aromatic rings. The summed E-state index contributed by atoms with van der Waals surface area (Å²) in [5, 5.41) is 11.9. The average Bonchev–Trinajstić information content (AvgIpc) is 2.55. The fourth-order valence-electron chi connectivity index (χ4n) is 2.24. The summed E-state index contributed by atoms with van der Waals surface area (Å²) in [5.41, 5.74) is 3.07. The van der Waals surface area contributed by atoms with Crippen molar-refractivity contribution in [3.63, 3.8) is 0 Å². The topological polar surface area (TPSA) is 66.4 Å². The van der Waals surface area contributed by atoms with Gasteiger partial charge >= 0.3 is 5.97 Å². The van der Waals surface area contributed by atoms with Crippen LogP contribution in [-0.4, -0.2) is 23.0 Å². The lowest BCUT2D eigenvalue weighted by atomic mass is 10.0. The van der Waals surface area contributed by atoms with Crippen molar-refractivity contribution in [2.45, 2.75) is 26.3 Å². The second-order valence-electron chi connectivity index (χ2n) is 5.82. The molecule has 0 aromatic heterocycles. The van der Waals surface area contributed by atoms with Crippen LogP contribution in [0.3, 0.4) is 0 Å². The molecule has 0 saturated carbocycles. The molecule has 120 valence electrons. The van der Waals surface area contributed by atoms with Crippen LogP contribution in [0.4, 0.5) is 0 Å². The number of hydrogen-bond donors (Lipinski definition) is 2. The van der Waals surface area contributed by atoms with E-state index in [-0.39, 0.29) is 18.2 Å². The van der Waals surface area contributed by atoms with E-state index in [0.717, 1.165) is 16.7 Å². The Hall–Kier alpha value is -2.62. The first-order chi connectivity index (χ1) is 11.0. The van der Waals surface area contributed by atoms with Crippen LogP contribution in [0, 0.1) is 5.92 Å². The number of carboxylic acids is 1. The molecular weight excluding hydrogens is 290 g/mol. The molecule has 2 aromatic carbocycles. The van der Waals surface area contributed by atoms with Gasteiger partial charge in [0.05, 0.1) is 0 Å². The first-order valence-corrected chi connectivity index (χ1v) is 7.65. The second kappa shape index (κ2) is 7.58. The van der Waals surface area contributed by atoms with Gasteiger partial charge in [-0.1, -0.05) is 68.4 Å². The van der Waals surface area contributed by atoms with Gasteiger partial charge in [-0.3, -0.25) is 4.79 Å². The summed E-state index contributed by atoms with van der Waals surface area (Å²) < 4.78 is 0. The standard InChI is InChI=1S/C19H21NO3/c1-13(2)18(21)20-17(19(22)23)12-14-8-10-16(11-9-14)15-6-4-3-5-7-15/h3-11,13,17H,12H2,1-2H3,(H,20,21)(H,22,23)/t17-/m1/s1. The molecule has 0 bridgehead atoms. The largest absolute Gasteiger partial charge is 0.480 e. The first kappa shape index (κ1) is 16.7. The van der Waals surface area contributed by atoms with Crippen molar-refractivity contribution in [1.82, 2.24) is 5.32 Å². The Bertz CT molecular complexity index is 663. The molecule has 1 amide bonds. The minimum atomic E-state index is -1.02. The molecule has 0 radical (unpaired) electrons. The number of carbonyl (C=O) groups is 2. The van der Waals surface area contributed by atoms with Crippen LogP contribution in [0.5, 0.6) is 0 Å². The zero-order valence-electron chi connectivity index (χ0n) is 13.3. The highest BCUT2D eigenvalue weighted by Crippen LogP contribution is 2.19. The maximum absolute atomic E-state index is 11.7. The highest BCUT2D eigenvalue weighted by molar-refractivity contribution is 5.84. The molecule has 0 spiro atoms. The fourth-order valence-corrected chi connectivity index (χ4v) is 2.24. The SMILES string of the molecule is CC(C)C(=O)N[C@H](Cc1ccc(-c2ccccc2)cc1)C(=O)O. The van der Waals surface area contributed by atoms with Crippen LogP contribution in [0.1, 0.15) is 19.4 Å². The lowest BCUT2D eigenvalue weighted by Crippen LogP contribution is -2.44. The minimum absolute atomic E-state index is 0.239. The lowest BCUT2D eigenvalue weighted by Gasteiger charge is -2.16. The number of carbonyl (C=O) groups excluding carboxylic acids is 1. The normalized spacial score (nSPS) is 12.0. The predicted octanol–water partition coefficient (Wildman–Crippen LogP) is 3.12. The van der Waals surface area contributed by atoms with Gasteiger partial charge in [-0.2, -0.15) is 0 Å². The average molecular weight is 311 g/mol. The van der Waals surface area contributed by atoms with E-state index in [9.17, 15) is 14.7 Å². The maximum atomic E-state index is 11.7. The fraction of sp³-hybridized carbons (Fsp3) is 0.263. The Labute approximate surface area is 136 Å². The summed E-state index contributed by atoms with van der Waals surface area (Å²) in [4.78, 5) is 23.0. The van der Waals surface area contributed by atoms with E-state index >= 15 is 0 Å². The minimum Gasteiger partial charge on any atom is -0.480 e. The molecule has 1 atom stereocenters. The zero-order valence-corrected chi connectivity index (χ0v) is 13.3. The summed E-state index contributed by atoms with van der Waals surface area (Å²) in [7, 11) is 0. The number of hydrogen-bond acceptors (Lipinski definition) is 2. The Balaban J connectivity index is 2.09. The van der Waals surface area contributed by atoms with Gasteiger partial charge in [-0.25, -0.2) is 4.79 Å². The molecule has 23 heavy (non-hydrogen) atoms. The van der Waals surface area contributed by atoms with E-state index in [4.69, 9.17) is 0 Å². The summed E-state index contributed by atoms with van der Waals surface area (Å²) in [6.45, 7) is 3.48. The van der Waals surface area contributed by atoms with E-state index in [0.29, 0.717) is 0 Å². The molecule has 0 aliphatic heterocycles. The van der Waals surface area contributed by atoms with Crippen molar-refractivity contribution >= 4 is 11.9 Å². The Morgan fingerprint density at radius 3 is 2.04 bits per heavy atom. The van der Waals surface area contributed by atoms with E-state index in [2.05, 4.69) is 5.32 Å². The first-order valence-electron chi connectivity index (χ1n) is 7.65. The summed E-state index contributed by atoms with van der Waals surface area (Å²) in [6.07, 6.45) is 0.267. The number of aliphatic carboxylic acids is 1. The third-order valence-electron chi connectivity index (χ3n) is 3.64. The molecule has 0 unspecified atom stereocenters. The van der Waals surface area contributed by atoms with Crippen molar-refractivity contribution in [3.8, 4) is 11.1 Å². The second-order valence-corrected chi connectivity index (χ2v) is 5.82. The molecule has 0 heterocycles. The van der Waals surface area contributed by atoms with Gasteiger partial charge in [0.25, 0.3) is 0 Å². The van der Waals surface area contributed by atoms with Crippen molar-refractivity contribution in [2.24, 2.45) is 5.92 Å². The van der Waals surface area contributed by atoms with Crippen LogP contribution in [-0.2, 0) is 16.0 Å². The van der Waals surface area contributed by atoms with Crippen molar-refractivity contribution in [1.29, 1.82) is 0 Å². The smallest absolute Gasteiger partial charge is 0.326 e. The van der Waals surface area contributed by atoms with Crippen molar-refractivity contribution in [3.05, 3.63) is 60.2 Å². The number of carboxylic acid groups (broad SMARTS) is 1. The summed E-state index contributed by atoms with van der Waals surface area (Å²) >= 11 is 0. The molecule has 0 aliphatic rings. The predicted molar refractivity (Wildman–Crippen MR) is 90.0 cm³/mol. The zero-order chi connectivity index (χ0) is 16.8. The highest BCUT2D eigenvalue weighted by atomic mass is 16.4. The molecule has 4 heteroatoms. The molecular formula is C19H21NO3. The van der Waals surface area contributed by atoms with Gasteiger partial charge in [0.1, 0.15) is 6.04 Å². The van der Waals surface area contributed by atoms with Crippen molar-refractivity contribution in [2.75, 3.05) is 0 Å². The summed E-state index contributed by atoms with van der Waals surface area (Å²) in [5.74, 6) is -1.51. The van der Waals surface area contributed by atoms with Gasteiger partial charge in [0.15, 0.2) is 0 Å². The summed E-state index contributed by atoms with van der Waals surface area (Å²) in [6, 6.07) is 16.8. The Morgan fingerprint density at radius 1 is 0.957 bits per heavy atom. The van der Waals surface area contributed by atoms with E-state index in [1.54, 1.807) is 13.8 Å². The van der Waals surface area contributed by atoms with Crippen LogP contribution >= 0.6 is 0 Å². The van der Waals surface area contributed by atoms with Crippen LogP contribution < -0.4 is 5.32 Å². The maximum Gasteiger partial charge on any atom is 0.326 e. The molecule has 4 nitrogen and oxygen atoms in total. The molecule has 0 aliphatic carbocycles. The Kier molecular flexibility index (Phi) is 5.52. The van der Waals surface area contributed by atoms with E-state index in [1.807, 2.05) is 54.6 Å². The number of rotatable bonds is 6. The number of benzene rings is 2. The molecule has 0 saturated heterocycles. The Morgan fingerprint density at radius 2 is 1.52 bits per heavy atom. The monoisotopic (exact) mass is 311 g/mol. The van der Waals surface area contributed by atoms with Crippen LogP contribution in [0.25, 0.3) is 11.1 Å². The van der Waals surface area contributed by atoms with Crippen LogP contribution in [0.15, 0.2) is 54.6 Å². The van der Waals surface area contributed by atoms with Gasteiger partial charge in [0, 0.05) is 12.3 Å². The molecule has 2 N–H and O–H groups in total. The van der Waals surface area contributed by atoms with E-state index < -0.39 is 12.0 Å². The van der Waals surface area contributed by atoms with Gasteiger partial charge in [-0.15, -0.1) is 0 Å². The van der Waals surface area contributed by atoms with Gasteiger partial charge in [-0.05, 0) is 16.7 Å². The van der Waals surface area contributed by atoms with E-state index in [1.165, 1.54) is 0 Å². The third-order valence-corrected chi connectivity index (χ3v) is 3.64. The number of nitrogens with one attached hydrogen (secondary N) is 1. The molecule has 2 rings (SSSR count). The quantitative estimate of drug-likeness (QED) is 0.861. The highest BCUT2D eigenvalue weighted by Gasteiger charge is 2.21.